The number of nitrogens with zero attached hydrogens (tertiary/aromatic N) is 1. The molecular weight excluding hydrogens is 246 g/mol. The van der Waals surface area contributed by atoms with E-state index in [0.29, 0.717) is 13.0 Å². The van der Waals surface area contributed by atoms with E-state index in [2.05, 4.69) is 22.5 Å². The molecule has 1 unspecified atom stereocenters. The molecule has 0 radical (unpaired) electrons. The molecule has 102 valence electrons. The molecule has 18 heavy (non-hydrogen) atoms. The van der Waals surface area contributed by atoms with E-state index in [1.807, 2.05) is 20.8 Å². The Labute approximate surface area is 113 Å². The van der Waals surface area contributed by atoms with Crippen molar-refractivity contribution in [1.82, 2.24) is 15.6 Å². The van der Waals surface area contributed by atoms with E-state index in [-0.39, 0.29) is 11.9 Å². The van der Waals surface area contributed by atoms with Gasteiger partial charge < -0.3 is 10.6 Å². The highest BCUT2D eigenvalue weighted by Gasteiger charge is 2.06. The molecule has 0 spiro atoms. The van der Waals surface area contributed by atoms with Crippen molar-refractivity contribution in [2.45, 2.75) is 53.1 Å². The summed E-state index contributed by atoms with van der Waals surface area (Å²) in [4.78, 5) is 17.2. The summed E-state index contributed by atoms with van der Waals surface area (Å²) in [5, 5.41) is 7.34. The first-order valence-electron chi connectivity index (χ1n) is 6.46. The molecule has 4 nitrogen and oxygen atoms in total. The molecule has 1 aromatic rings. The molecule has 0 fully saturated rings. The Morgan fingerprint density at radius 3 is 2.72 bits per heavy atom. The molecule has 1 aromatic heterocycles. The largest absolute Gasteiger partial charge is 0.354 e. The number of carbonyl (C=O) groups excluding carboxylic acids is 1. The maximum atomic E-state index is 11.5. The molecule has 0 bridgehead atoms. The molecule has 0 aromatic carbocycles. The lowest BCUT2D eigenvalue weighted by Gasteiger charge is -2.11. The van der Waals surface area contributed by atoms with Gasteiger partial charge in [-0.05, 0) is 27.2 Å². The Hall–Kier alpha value is -0.940. The van der Waals surface area contributed by atoms with Crippen LogP contribution >= 0.6 is 11.3 Å². The fourth-order valence-electron chi connectivity index (χ4n) is 1.59. The number of hydrogen-bond acceptors (Lipinski definition) is 4. The zero-order valence-corrected chi connectivity index (χ0v) is 12.5. The second-order valence-corrected chi connectivity index (χ2v) is 5.83. The Morgan fingerprint density at radius 1 is 1.44 bits per heavy atom. The number of nitrogens with one attached hydrogen (secondary N) is 2. The first-order valence-corrected chi connectivity index (χ1v) is 7.27. The van der Waals surface area contributed by atoms with Crippen molar-refractivity contribution in [1.29, 1.82) is 0 Å². The predicted molar refractivity (Wildman–Crippen MR) is 75.8 cm³/mol. The third kappa shape index (κ3) is 5.14. The fourth-order valence-corrected chi connectivity index (χ4v) is 2.50. The Morgan fingerprint density at radius 2 is 2.17 bits per heavy atom. The van der Waals surface area contributed by atoms with E-state index < -0.39 is 0 Å². The zero-order valence-electron chi connectivity index (χ0n) is 11.7. The second kappa shape index (κ2) is 7.48. The lowest BCUT2D eigenvalue weighted by molar-refractivity contribution is -0.121. The molecule has 1 rings (SSSR count). The van der Waals surface area contributed by atoms with Crippen LogP contribution in [0.1, 0.15) is 42.3 Å². The molecule has 2 N–H and O–H groups in total. The minimum atomic E-state index is 0.119. The van der Waals surface area contributed by atoms with E-state index >= 15 is 0 Å². The summed E-state index contributed by atoms with van der Waals surface area (Å²) in [5.41, 5.74) is 1.09. The van der Waals surface area contributed by atoms with Crippen molar-refractivity contribution in [3.05, 3.63) is 15.6 Å². The van der Waals surface area contributed by atoms with Crippen LogP contribution in [0.5, 0.6) is 0 Å². The van der Waals surface area contributed by atoms with Crippen LogP contribution in [-0.4, -0.2) is 23.5 Å². The second-order valence-electron chi connectivity index (χ2n) is 4.55. The standard InChI is InChI=1S/C13H23N3OS/c1-5-9(2)15-13(17)6-7-14-8-12-10(3)16-11(4)18-12/h9,14H,5-8H2,1-4H3,(H,15,17). The minimum absolute atomic E-state index is 0.119. The third-order valence-corrected chi connectivity index (χ3v) is 3.91. The highest BCUT2D eigenvalue weighted by Crippen LogP contribution is 2.16. The van der Waals surface area contributed by atoms with E-state index in [0.717, 1.165) is 23.7 Å². The van der Waals surface area contributed by atoms with Crippen molar-refractivity contribution in [2.24, 2.45) is 0 Å². The molecule has 0 aliphatic rings. The van der Waals surface area contributed by atoms with Crippen molar-refractivity contribution in [2.75, 3.05) is 6.54 Å². The lowest BCUT2D eigenvalue weighted by atomic mass is 10.2. The van der Waals surface area contributed by atoms with E-state index in [1.54, 1.807) is 11.3 Å². The van der Waals surface area contributed by atoms with Gasteiger partial charge in [-0.25, -0.2) is 4.98 Å². The summed E-state index contributed by atoms with van der Waals surface area (Å²) in [6.07, 6.45) is 1.50. The number of rotatable bonds is 7. The van der Waals surface area contributed by atoms with Crippen molar-refractivity contribution in [3.8, 4) is 0 Å². The van der Waals surface area contributed by atoms with E-state index in [9.17, 15) is 4.79 Å². The molecule has 1 amide bonds. The normalized spacial score (nSPS) is 12.4. The van der Waals surface area contributed by atoms with Gasteiger partial charge in [0.2, 0.25) is 5.91 Å². The van der Waals surface area contributed by atoms with Crippen LogP contribution in [-0.2, 0) is 11.3 Å². The summed E-state index contributed by atoms with van der Waals surface area (Å²) in [6.45, 7) is 9.64. The van der Waals surface area contributed by atoms with Crippen molar-refractivity contribution >= 4 is 17.2 Å². The number of amides is 1. The average Bonchev–Trinajstić information content (AvgIpc) is 2.63. The number of thiazole rings is 1. The summed E-state index contributed by atoms with van der Waals surface area (Å²) >= 11 is 1.71. The summed E-state index contributed by atoms with van der Waals surface area (Å²) in [5.74, 6) is 0.119. The molecule has 0 aliphatic heterocycles. The Bertz CT molecular complexity index is 390. The van der Waals surface area contributed by atoms with Crippen molar-refractivity contribution in [3.63, 3.8) is 0 Å². The molecule has 0 saturated carbocycles. The molecule has 1 atom stereocenters. The lowest BCUT2D eigenvalue weighted by Crippen LogP contribution is -2.33. The van der Waals surface area contributed by atoms with Gasteiger partial charge in [0.1, 0.15) is 0 Å². The van der Waals surface area contributed by atoms with Crippen LogP contribution < -0.4 is 10.6 Å². The Balaban J connectivity index is 2.19. The molecule has 1 heterocycles. The van der Waals surface area contributed by atoms with Crippen LogP contribution in [0.3, 0.4) is 0 Å². The van der Waals surface area contributed by atoms with E-state index in [1.165, 1.54) is 4.88 Å². The van der Waals surface area contributed by atoms with Gasteiger partial charge in [-0.1, -0.05) is 6.92 Å². The van der Waals surface area contributed by atoms with Crippen LogP contribution in [0.2, 0.25) is 0 Å². The summed E-state index contributed by atoms with van der Waals surface area (Å²) in [7, 11) is 0. The summed E-state index contributed by atoms with van der Waals surface area (Å²) < 4.78 is 0. The van der Waals surface area contributed by atoms with Gasteiger partial charge >= 0.3 is 0 Å². The predicted octanol–water partition coefficient (Wildman–Crippen LogP) is 2.15. The first-order chi connectivity index (χ1) is 8.52. The van der Waals surface area contributed by atoms with Gasteiger partial charge in [0, 0.05) is 30.4 Å². The number of carbonyl (C=O) groups is 1. The van der Waals surface area contributed by atoms with Gasteiger partial charge in [0.25, 0.3) is 0 Å². The van der Waals surface area contributed by atoms with Gasteiger partial charge in [-0.3, -0.25) is 4.79 Å². The Kier molecular flexibility index (Phi) is 6.29. The molecular formula is C13H23N3OS. The first kappa shape index (κ1) is 15.1. The maximum Gasteiger partial charge on any atom is 0.221 e. The fraction of sp³-hybridized carbons (Fsp3) is 0.692. The number of aryl methyl sites for hydroxylation is 2. The maximum absolute atomic E-state index is 11.5. The van der Waals surface area contributed by atoms with Gasteiger partial charge in [-0.15, -0.1) is 11.3 Å². The van der Waals surface area contributed by atoms with Crippen molar-refractivity contribution < 1.29 is 4.79 Å². The smallest absolute Gasteiger partial charge is 0.221 e. The van der Waals surface area contributed by atoms with Gasteiger partial charge in [-0.2, -0.15) is 0 Å². The highest BCUT2D eigenvalue weighted by molar-refractivity contribution is 7.11. The minimum Gasteiger partial charge on any atom is -0.354 e. The number of aromatic nitrogens is 1. The monoisotopic (exact) mass is 269 g/mol. The van der Waals surface area contributed by atoms with Crippen LogP contribution in [0.25, 0.3) is 0 Å². The summed E-state index contributed by atoms with van der Waals surface area (Å²) in [6, 6.07) is 0.267. The molecule has 5 heteroatoms. The van der Waals surface area contributed by atoms with Crippen LogP contribution in [0, 0.1) is 13.8 Å². The van der Waals surface area contributed by atoms with E-state index in [4.69, 9.17) is 0 Å². The van der Waals surface area contributed by atoms with Crippen LogP contribution in [0.15, 0.2) is 0 Å². The third-order valence-electron chi connectivity index (χ3n) is 2.83. The number of hydrogen-bond donors (Lipinski definition) is 2. The van der Waals surface area contributed by atoms with Gasteiger partial charge in [0.05, 0.1) is 10.7 Å². The topological polar surface area (TPSA) is 54.0 Å². The quantitative estimate of drug-likeness (QED) is 0.746. The zero-order chi connectivity index (χ0) is 13.5. The molecule has 0 saturated heterocycles. The SMILES string of the molecule is CCC(C)NC(=O)CCNCc1sc(C)nc1C. The average molecular weight is 269 g/mol. The molecule has 0 aliphatic carbocycles. The van der Waals surface area contributed by atoms with Crippen LogP contribution in [0.4, 0.5) is 0 Å². The highest BCUT2D eigenvalue weighted by atomic mass is 32.1. The van der Waals surface area contributed by atoms with Gasteiger partial charge in [0.15, 0.2) is 0 Å².